The van der Waals surface area contributed by atoms with Gasteiger partial charge in [0.1, 0.15) is 5.82 Å². The molecule has 47 heavy (non-hydrogen) atoms. The van der Waals surface area contributed by atoms with Crippen molar-refractivity contribution < 1.29 is 33.4 Å². The number of carbonyl (C=O) groups is 4. The molecule has 3 aromatic rings. The van der Waals surface area contributed by atoms with Crippen LogP contribution in [0.15, 0.2) is 78.9 Å². The Balaban J connectivity index is 1.41. The van der Waals surface area contributed by atoms with Gasteiger partial charge in [0.2, 0.25) is 11.8 Å². The number of halogens is 4. The van der Waals surface area contributed by atoms with E-state index in [1.807, 2.05) is 28.7 Å². The van der Waals surface area contributed by atoms with Gasteiger partial charge in [-0.15, -0.1) is 23.2 Å². The minimum Gasteiger partial charge on any atom is -0.504 e. The lowest BCUT2D eigenvalue weighted by Gasteiger charge is -2.50. The second-order valence-electron chi connectivity index (χ2n) is 12.1. The van der Waals surface area contributed by atoms with E-state index in [2.05, 4.69) is 6.58 Å². The molecule has 0 aromatic heterocycles. The highest BCUT2D eigenvalue weighted by Crippen LogP contribution is 2.66. The Morgan fingerprint density at radius 3 is 2.23 bits per heavy atom. The number of imide groups is 2. The average molecular weight is 787 g/mol. The number of hydrogen-bond donors (Lipinski definition) is 1. The Morgan fingerprint density at radius 1 is 0.957 bits per heavy atom. The van der Waals surface area contributed by atoms with Crippen molar-refractivity contribution in [1.29, 1.82) is 0 Å². The predicted octanol–water partition coefficient (Wildman–Crippen LogP) is 6.56. The third-order valence-electron chi connectivity index (χ3n) is 9.89. The fourth-order valence-corrected chi connectivity index (χ4v) is 9.26. The summed E-state index contributed by atoms with van der Waals surface area (Å²) in [5.41, 5.74) is 2.33. The lowest BCUT2D eigenvalue weighted by atomic mass is 9.56. The predicted molar refractivity (Wildman–Crippen MR) is 183 cm³/mol. The van der Waals surface area contributed by atoms with E-state index >= 15 is 0 Å². The van der Waals surface area contributed by atoms with Crippen LogP contribution in [0.1, 0.15) is 29.9 Å². The zero-order valence-electron chi connectivity index (χ0n) is 24.8. The molecule has 3 fully saturated rings. The van der Waals surface area contributed by atoms with Crippen molar-refractivity contribution in [2.45, 2.75) is 28.5 Å². The van der Waals surface area contributed by atoms with E-state index in [0.29, 0.717) is 20.4 Å². The molecule has 12 heteroatoms. The number of allylic oxidation sites excluding steroid dienone is 2. The molecule has 0 unspecified atom stereocenters. The molecule has 1 saturated carbocycles. The van der Waals surface area contributed by atoms with Crippen LogP contribution in [0.25, 0.3) is 6.08 Å². The van der Waals surface area contributed by atoms with Crippen LogP contribution in [0.3, 0.4) is 0 Å². The van der Waals surface area contributed by atoms with Crippen molar-refractivity contribution in [1.82, 2.24) is 0 Å². The second-order valence-corrected chi connectivity index (χ2v) is 14.5. The largest absolute Gasteiger partial charge is 0.504 e. The summed E-state index contributed by atoms with van der Waals surface area (Å²) in [4.78, 5) is 54.9. The monoisotopic (exact) mass is 786 g/mol. The summed E-state index contributed by atoms with van der Waals surface area (Å²) in [5.74, 6) is -6.45. The first kappa shape index (κ1) is 31.8. The molecule has 1 N–H and O–H groups in total. The number of phenols is 1. The lowest BCUT2D eigenvalue weighted by Crippen LogP contribution is -2.60. The number of carbonyl (C=O) groups excluding carboxylic acids is 4. The Morgan fingerprint density at radius 2 is 1.60 bits per heavy atom. The summed E-state index contributed by atoms with van der Waals surface area (Å²) in [7, 11) is 1.38. The molecule has 4 aliphatic rings. The average Bonchev–Trinajstić information content (AvgIpc) is 3.40. The summed E-state index contributed by atoms with van der Waals surface area (Å²) in [6.07, 6.45) is 3.47. The normalized spacial score (nSPS) is 29.8. The topological polar surface area (TPSA) is 104 Å². The number of alkyl halides is 2. The summed E-state index contributed by atoms with van der Waals surface area (Å²) in [5, 5.41) is 10.7. The number of anilines is 2. The highest BCUT2D eigenvalue weighted by Gasteiger charge is 2.76. The van der Waals surface area contributed by atoms with Crippen LogP contribution in [0, 0.1) is 27.1 Å². The molecule has 7 rings (SSSR count). The number of ether oxygens (including phenoxy) is 1. The first-order valence-electron chi connectivity index (χ1n) is 14.8. The van der Waals surface area contributed by atoms with Crippen LogP contribution in [0.4, 0.5) is 15.8 Å². The summed E-state index contributed by atoms with van der Waals surface area (Å²) in [6, 6.07) is 14.9. The van der Waals surface area contributed by atoms with Gasteiger partial charge in [-0.3, -0.25) is 24.1 Å². The van der Waals surface area contributed by atoms with Gasteiger partial charge in [-0.05, 0) is 101 Å². The minimum atomic E-state index is -2.11. The minimum absolute atomic E-state index is 0.0866. The number of aromatic hydroxyl groups is 1. The lowest BCUT2D eigenvalue weighted by molar-refractivity contribution is -0.125. The molecule has 8 nitrogen and oxygen atoms in total. The zero-order valence-corrected chi connectivity index (χ0v) is 28.4. The Bertz CT molecular complexity index is 1940. The third-order valence-corrected chi connectivity index (χ3v) is 12.1. The highest BCUT2D eigenvalue weighted by atomic mass is 127. The van der Waals surface area contributed by atoms with Crippen molar-refractivity contribution in [3.8, 4) is 11.5 Å². The fourth-order valence-electron chi connectivity index (χ4n) is 7.70. The summed E-state index contributed by atoms with van der Waals surface area (Å²) in [6.45, 7) is 3.75. The van der Waals surface area contributed by atoms with E-state index in [-0.39, 0.29) is 35.9 Å². The quantitative estimate of drug-likeness (QED) is 0.136. The van der Waals surface area contributed by atoms with Crippen LogP contribution in [-0.4, -0.2) is 45.6 Å². The van der Waals surface area contributed by atoms with E-state index in [0.717, 1.165) is 22.6 Å². The van der Waals surface area contributed by atoms with Gasteiger partial charge in [-0.25, -0.2) is 9.29 Å². The standard InChI is InChI=1S/C35H26Cl2FIN2O6/c1-3-17-4-8-20(9-5-17)40-30(43)23-13-12-22-24(27(23)31(40)44)16-34(36)32(45)41(21-10-6-19(38)7-11-21)33(46)35(34,37)28(22)18-14-25(39)29(42)26(15-18)47-2/h3-12,14-15,23-24,27-28,42H,1,13,16H2,2H3/t23-,24+,27-,28-,34+,35-/m0/s1. The van der Waals surface area contributed by atoms with Gasteiger partial charge in [-0.2, -0.15) is 0 Å². The van der Waals surface area contributed by atoms with E-state index in [4.69, 9.17) is 27.9 Å². The molecule has 0 radical (unpaired) electrons. The maximum absolute atomic E-state index is 14.5. The van der Waals surface area contributed by atoms with E-state index in [1.165, 1.54) is 30.2 Å². The smallest absolute Gasteiger partial charge is 0.258 e. The summed E-state index contributed by atoms with van der Waals surface area (Å²) < 4.78 is 19.7. The van der Waals surface area contributed by atoms with Crippen molar-refractivity contribution in [2.75, 3.05) is 16.9 Å². The van der Waals surface area contributed by atoms with Crippen molar-refractivity contribution in [3.63, 3.8) is 0 Å². The van der Waals surface area contributed by atoms with Gasteiger partial charge in [0, 0.05) is 5.92 Å². The summed E-state index contributed by atoms with van der Waals surface area (Å²) >= 11 is 16.8. The molecule has 240 valence electrons. The Labute approximate surface area is 292 Å². The number of fused-ring (bicyclic) bond motifs is 4. The molecule has 2 aliphatic heterocycles. The molecule has 3 aromatic carbocycles. The van der Waals surface area contributed by atoms with Crippen LogP contribution in [0.5, 0.6) is 11.5 Å². The first-order chi connectivity index (χ1) is 22.4. The number of amides is 4. The molecule has 2 heterocycles. The number of methoxy groups -OCH3 is 1. The van der Waals surface area contributed by atoms with Crippen LogP contribution in [-0.2, 0) is 19.2 Å². The number of benzene rings is 3. The Hall–Kier alpha value is -3.74. The number of rotatable bonds is 5. The Kier molecular flexibility index (Phi) is 7.57. The van der Waals surface area contributed by atoms with Crippen LogP contribution >= 0.6 is 45.8 Å². The molecular formula is C35H26Cl2FIN2O6. The van der Waals surface area contributed by atoms with Crippen LogP contribution in [0.2, 0.25) is 0 Å². The maximum atomic E-state index is 14.5. The molecule has 6 atom stereocenters. The van der Waals surface area contributed by atoms with E-state index in [9.17, 15) is 28.7 Å². The van der Waals surface area contributed by atoms with Gasteiger partial charge in [-0.1, -0.05) is 36.4 Å². The molecule has 0 spiro atoms. The number of phenolic OH excluding ortho intramolecular Hbond substituents is 1. The maximum Gasteiger partial charge on any atom is 0.258 e. The molecule has 2 aliphatic carbocycles. The van der Waals surface area contributed by atoms with Gasteiger partial charge in [0.15, 0.2) is 21.2 Å². The number of hydrogen-bond acceptors (Lipinski definition) is 6. The van der Waals surface area contributed by atoms with Crippen molar-refractivity contribution in [2.24, 2.45) is 17.8 Å². The van der Waals surface area contributed by atoms with Crippen molar-refractivity contribution in [3.05, 3.63) is 99.4 Å². The third kappa shape index (κ3) is 4.37. The van der Waals surface area contributed by atoms with Gasteiger partial charge in [0.05, 0.1) is 33.9 Å². The molecule has 4 amide bonds. The highest BCUT2D eigenvalue weighted by molar-refractivity contribution is 14.1. The van der Waals surface area contributed by atoms with Gasteiger partial charge < -0.3 is 9.84 Å². The van der Waals surface area contributed by atoms with Crippen LogP contribution < -0.4 is 14.5 Å². The fraction of sp³-hybridized carbons (Fsp3) is 0.257. The van der Waals surface area contributed by atoms with E-state index < -0.39 is 57.0 Å². The van der Waals surface area contributed by atoms with E-state index in [1.54, 1.807) is 36.4 Å². The van der Waals surface area contributed by atoms with Gasteiger partial charge in [0.25, 0.3) is 11.8 Å². The zero-order chi connectivity index (χ0) is 33.6. The second kappa shape index (κ2) is 11.2. The SMILES string of the molecule is C=Cc1ccc(N2C(=O)[C@H]3[C@H](CC=C4[C@H]3C[C@@]3(Cl)C(=O)N(c5ccc(F)cc5)C(=O)[C@@]3(Cl)[C@H]4c3cc(I)c(O)c(OC)c3)C2=O)cc1. The molecule has 2 saturated heterocycles. The first-order valence-corrected chi connectivity index (χ1v) is 16.6. The van der Waals surface area contributed by atoms with Crippen molar-refractivity contribution >= 4 is 86.9 Å². The molecule has 0 bridgehead atoms. The molecular weight excluding hydrogens is 761 g/mol. The van der Waals surface area contributed by atoms with Gasteiger partial charge >= 0.3 is 0 Å². The number of nitrogens with zero attached hydrogens (tertiary/aromatic N) is 2.